The van der Waals surface area contributed by atoms with Crippen molar-refractivity contribution in [1.29, 1.82) is 0 Å². The second-order valence-corrected chi connectivity index (χ2v) is 7.65. The zero-order chi connectivity index (χ0) is 17.6. The Morgan fingerprint density at radius 1 is 0.958 bits per heavy atom. The van der Waals surface area contributed by atoms with E-state index in [9.17, 15) is 13.2 Å². The SMILES string of the molecule is NS(=O)(=O)c1ccc(CNC(=O)NCCc2ccc(Br)cc2)cc1. The van der Waals surface area contributed by atoms with Crippen molar-refractivity contribution in [1.82, 2.24) is 10.6 Å². The van der Waals surface area contributed by atoms with Crippen molar-refractivity contribution in [3.8, 4) is 0 Å². The molecule has 6 nitrogen and oxygen atoms in total. The number of benzene rings is 2. The Kier molecular flexibility index (Phi) is 6.36. The standard InChI is InChI=1S/C16H18BrN3O3S/c17-14-5-1-12(2-6-14)9-10-19-16(21)20-11-13-3-7-15(8-4-13)24(18,22)23/h1-8H,9-11H2,(H2,18,22,23)(H2,19,20,21). The summed E-state index contributed by atoms with van der Waals surface area (Å²) in [5.74, 6) is 0. The third-order valence-corrected chi connectivity index (χ3v) is 4.78. The Labute approximate surface area is 149 Å². The van der Waals surface area contributed by atoms with Crippen molar-refractivity contribution in [2.75, 3.05) is 6.54 Å². The average Bonchev–Trinajstić information content (AvgIpc) is 2.54. The number of hydrogen-bond acceptors (Lipinski definition) is 3. The van der Waals surface area contributed by atoms with Crippen LogP contribution in [0.25, 0.3) is 0 Å². The van der Waals surface area contributed by atoms with Crippen LogP contribution in [-0.4, -0.2) is 21.0 Å². The van der Waals surface area contributed by atoms with E-state index in [1.807, 2.05) is 24.3 Å². The van der Waals surface area contributed by atoms with E-state index in [1.54, 1.807) is 12.1 Å². The van der Waals surface area contributed by atoms with Crippen LogP contribution in [0.1, 0.15) is 11.1 Å². The summed E-state index contributed by atoms with van der Waals surface area (Å²) in [5, 5.41) is 10.5. The first-order valence-corrected chi connectivity index (χ1v) is 9.56. The molecule has 2 amide bonds. The largest absolute Gasteiger partial charge is 0.338 e. The van der Waals surface area contributed by atoms with Gasteiger partial charge in [-0.05, 0) is 41.8 Å². The van der Waals surface area contributed by atoms with Gasteiger partial charge < -0.3 is 10.6 Å². The smallest absolute Gasteiger partial charge is 0.315 e. The van der Waals surface area contributed by atoms with Crippen LogP contribution in [0.4, 0.5) is 4.79 Å². The molecule has 0 aromatic heterocycles. The highest BCUT2D eigenvalue weighted by Crippen LogP contribution is 2.10. The van der Waals surface area contributed by atoms with E-state index in [0.29, 0.717) is 13.1 Å². The van der Waals surface area contributed by atoms with Crippen LogP contribution in [0.15, 0.2) is 57.9 Å². The van der Waals surface area contributed by atoms with Crippen molar-refractivity contribution in [2.45, 2.75) is 17.9 Å². The lowest BCUT2D eigenvalue weighted by molar-refractivity contribution is 0.240. The number of nitrogens with two attached hydrogens (primary N) is 1. The molecule has 2 aromatic carbocycles. The lowest BCUT2D eigenvalue weighted by Crippen LogP contribution is -2.36. The molecule has 4 N–H and O–H groups in total. The average molecular weight is 412 g/mol. The topological polar surface area (TPSA) is 101 Å². The van der Waals surface area contributed by atoms with Gasteiger partial charge in [-0.2, -0.15) is 0 Å². The van der Waals surface area contributed by atoms with Gasteiger partial charge >= 0.3 is 6.03 Å². The molecule has 0 atom stereocenters. The van der Waals surface area contributed by atoms with Gasteiger partial charge in [0.05, 0.1) is 4.90 Å². The van der Waals surface area contributed by atoms with Crippen molar-refractivity contribution in [3.05, 3.63) is 64.1 Å². The summed E-state index contributed by atoms with van der Waals surface area (Å²) in [6, 6.07) is 13.7. The number of halogens is 1. The number of nitrogens with one attached hydrogen (secondary N) is 2. The minimum Gasteiger partial charge on any atom is -0.338 e. The van der Waals surface area contributed by atoms with Crippen molar-refractivity contribution < 1.29 is 13.2 Å². The number of carbonyl (C=O) groups excluding carboxylic acids is 1. The first kappa shape index (κ1) is 18.4. The molecule has 0 saturated heterocycles. The van der Waals surface area contributed by atoms with E-state index in [0.717, 1.165) is 22.0 Å². The summed E-state index contributed by atoms with van der Waals surface area (Å²) < 4.78 is 23.3. The van der Waals surface area contributed by atoms with Gasteiger partial charge in [0, 0.05) is 17.6 Å². The molecule has 0 fully saturated rings. The summed E-state index contributed by atoms with van der Waals surface area (Å²) in [7, 11) is -3.69. The van der Waals surface area contributed by atoms with Gasteiger partial charge in [0.15, 0.2) is 0 Å². The Morgan fingerprint density at radius 3 is 2.12 bits per heavy atom. The number of carbonyl (C=O) groups is 1. The van der Waals surface area contributed by atoms with Crippen LogP contribution >= 0.6 is 15.9 Å². The van der Waals surface area contributed by atoms with Gasteiger partial charge in [-0.3, -0.25) is 0 Å². The summed E-state index contributed by atoms with van der Waals surface area (Å²) >= 11 is 3.37. The van der Waals surface area contributed by atoms with Crippen molar-refractivity contribution in [2.24, 2.45) is 5.14 Å². The summed E-state index contributed by atoms with van der Waals surface area (Å²) in [4.78, 5) is 11.8. The van der Waals surface area contributed by atoms with Gasteiger partial charge in [-0.15, -0.1) is 0 Å². The van der Waals surface area contributed by atoms with Gasteiger partial charge in [-0.1, -0.05) is 40.2 Å². The molecule has 0 aliphatic carbocycles. The molecule has 2 rings (SSSR count). The Balaban J connectivity index is 1.74. The first-order valence-electron chi connectivity index (χ1n) is 7.22. The Bertz CT molecular complexity index is 790. The molecular formula is C16H18BrN3O3S. The third-order valence-electron chi connectivity index (χ3n) is 3.32. The molecule has 2 aromatic rings. The van der Waals surface area contributed by atoms with Crippen LogP contribution in [0.2, 0.25) is 0 Å². The minimum atomic E-state index is -3.69. The number of hydrogen-bond donors (Lipinski definition) is 3. The van der Waals surface area contributed by atoms with E-state index < -0.39 is 10.0 Å². The summed E-state index contributed by atoms with van der Waals surface area (Å²) in [6.45, 7) is 0.826. The highest BCUT2D eigenvalue weighted by molar-refractivity contribution is 9.10. The maximum Gasteiger partial charge on any atom is 0.315 e. The quantitative estimate of drug-likeness (QED) is 0.678. The molecule has 24 heavy (non-hydrogen) atoms. The van der Waals surface area contributed by atoms with Crippen LogP contribution in [0.3, 0.4) is 0 Å². The van der Waals surface area contributed by atoms with Gasteiger partial charge in [0.1, 0.15) is 0 Å². The second-order valence-electron chi connectivity index (χ2n) is 5.17. The molecular weight excluding hydrogens is 394 g/mol. The zero-order valence-electron chi connectivity index (χ0n) is 12.8. The minimum absolute atomic E-state index is 0.0465. The van der Waals surface area contributed by atoms with Crippen LogP contribution in [0.5, 0.6) is 0 Å². The van der Waals surface area contributed by atoms with E-state index in [1.165, 1.54) is 12.1 Å². The molecule has 0 unspecified atom stereocenters. The highest BCUT2D eigenvalue weighted by Gasteiger charge is 2.07. The van der Waals surface area contributed by atoms with Crippen LogP contribution in [-0.2, 0) is 23.0 Å². The fourth-order valence-corrected chi connectivity index (χ4v) is 2.79. The molecule has 128 valence electrons. The molecule has 0 radical (unpaired) electrons. The summed E-state index contributed by atoms with van der Waals surface area (Å²) in [6.07, 6.45) is 0.740. The summed E-state index contributed by atoms with van der Waals surface area (Å²) in [5.41, 5.74) is 1.92. The van der Waals surface area contributed by atoms with Gasteiger partial charge in [-0.25, -0.2) is 18.4 Å². The number of amides is 2. The predicted octanol–water partition coefficient (Wildman–Crippen LogP) is 2.14. The molecule has 0 bridgehead atoms. The maximum atomic E-state index is 11.7. The van der Waals surface area contributed by atoms with Gasteiger partial charge in [0.2, 0.25) is 10.0 Å². The Morgan fingerprint density at radius 2 is 1.54 bits per heavy atom. The fraction of sp³-hybridized carbons (Fsp3) is 0.188. The van der Waals surface area contributed by atoms with E-state index in [4.69, 9.17) is 5.14 Å². The van der Waals surface area contributed by atoms with E-state index in [-0.39, 0.29) is 10.9 Å². The molecule has 0 heterocycles. The molecule has 0 aliphatic heterocycles. The van der Waals surface area contributed by atoms with E-state index >= 15 is 0 Å². The van der Waals surface area contributed by atoms with Gasteiger partial charge in [0.25, 0.3) is 0 Å². The van der Waals surface area contributed by atoms with Crippen LogP contribution < -0.4 is 15.8 Å². The van der Waals surface area contributed by atoms with E-state index in [2.05, 4.69) is 26.6 Å². The molecule has 0 aliphatic rings. The number of primary sulfonamides is 1. The monoisotopic (exact) mass is 411 g/mol. The second kappa shape index (κ2) is 8.27. The van der Waals surface area contributed by atoms with Crippen molar-refractivity contribution >= 4 is 32.0 Å². The number of urea groups is 1. The molecule has 8 heteroatoms. The molecule has 0 spiro atoms. The number of sulfonamides is 1. The normalized spacial score (nSPS) is 11.1. The zero-order valence-corrected chi connectivity index (χ0v) is 15.2. The first-order chi connectivity index (χ1) is 11.3. The lowest BCUT2D eigenvalue weighted by atomic mass is 10.1. The van der Waals surface area contributed by atoms with Crippen LogP contribution in [0, 0.1) is 0 Å². The molecule has 0 saturated carbocycles. The lowest BCUT2D eigenvalue weighted by Gasteiger charge is -2.08. The fourth-order valence-electron chi connectivity index (χ4n) is 2.01. The predicted molar refractivity (Wildman–Crippen MR) is 95.9 cm³/mol. The Hall–Kier alpha value is -1.90. The number of rotatable bonds is 6. The maximum absolute atomic E-state index is 11.7. The van der Waals surface area contributed by atoms with Crippen molar-refractivity contribution in [3.63, 3.8) is 0 Å². The third kappa shape index (κ3) is 5.95. The highest BCUT2D eigenvalue weighted by atomic mass is 79.9.